The van der Waals surface area contributed by atoms with Crippen LogP contribution in [0, 0.1) is 6.92 Å². The molecule has 0 unspecified atom stereocenters. The zero-order chi connectivity index (χ0) is 15.2. The highest BCUT2D eigenvalue weighted by molar-refractivity contribution is 7.85. The minimum Gasteiger partial charge on any atom is -0.744 e. The molecule has 0 amide bonds. The highest BCUT2D eigenvalue weighted by atomic mass is 32.2. The lowest BCUT2D eigenvalue weighted by molar-refractivity contribution is -0.550. The standard InChI is InChI=1S/C7H8O3S.C5H11N3O/c1-6-2-4-7(5-3-6)11(8,9)10;6-5(7)8-1-3-9-4-2-8/h2-5H,1H3,(H,8,9,10);1-4H2,(H3,6,7). The Bertz CT molecular complexity index is 555. The van der Waals surface area contributed by atoms with Gasteiger partial charge in [-0.1, -0.05) is 17.7 Å². The first-order chi connectivity index (χ1) is 9.30. The number of nitrogens with two attached hydrogens (primary N) is 2. The maximum absolute atomic E-state index is 10.4. The van der Waals surface area contributed by atoms with Gasteiger partial charge in [0.25, 0.3) is 0 Å². The molecule has 0 spiro atoms. The Morgan fingerprint density at radius 1 is 1.20 bits per heavy atom. The molecule has 112 valence electrons. The molecule has 1 heterocycles. The number of hydrogen-bond donors (Lipinski definition) is 2. The fourth-order valence-electron chi connectivity index (χ4n) is 1.53. The first kappa shape index (κ1) is 16.4. The van der Waals surface area contributed by atoms with Crippen LogP contribution in [0.4, 0.5) is 0 Å². The Labute approximate surface area is 118 Å². The van der Waals surface area contributed by atoms with E-state index in [1.807, 2.05) is 11.5 Å². The topological polar surface area (TPSA) is 121 Å². The lowest BCUT2D eigenvalue weighted by Gasteiger charge is -2.14. The van der Waals surface area contributed by atoms with Crippen molar-refractivity contribution < 1.29 is 22.3 Å². The van der Waals surface area contributed by atoms with Gasteiger partial charge >= 0.3 is 5.96 Å². The van der Waals surface area contributed by atoms with Gasteiger partial charge in [0.05, 0.1) is 31.2 Å². The second kappa shape index (κ2) is 7.22. The van der Waals surface area contributed by atoms with E-state index in [0.717, 1.165) is 31.9 Å². The quantitative estimate of drug-likeness (QED) is 0.398. The summed E-state index contributed by atoms with van der Waals surface area (Å²) in [4.78, 5) is -0.178. The molecule has 0 radical (unpaired) electrons. The molecule has 7 nitrogen and oxygen atoms in total. The Morgan fingerprint density at radius 2 is 1.70 bits per heavy atom. The summed E-state index contributed by atoms with van der Waals surface area (Å²) in [5, 5.41) is 0. The Morgan fingerprint density at radius 3 is 2.05 bits per heavy atom. The van der Waals surface area contributed by atoms with Crippen LogP contribution >= 0.6 is 0 Å². The van der Waals surface area contributed by atoms with Gasteiger partial charge in [0.15, 0.2) is 0 Å². The van der Waals surface area contributed by atoms with E-state index < -0.39 is 10.1 Å². The van der Waals surface area contributed by atoms with Gasteiger partial charge in [-0.3, -0.25) is 16.0 Å². The summed E-state index contributed by atoms with van der Waals surface area (Å²) in [6.45, 7) is 4.93. The first-order valence-corrected chi connectivity index (χ1v) is 7.44. The molecule has 1 saturated heterocycles. The number of aryl methyl sites for hydroxylation is 1. The fourth-order valence-corrected chi connectivity index (χ4v) is 2.00. The lowest BCUT2D eigenvalue weighted by atomic mass is 10.2. The predicted octanol–water partition coefficient (Wildman–Crippen LogP) is -0.798. The second-order valence-electron chi connectivity index (χ2n) is 4.29. The third kappa shape index (κ3) is 5.55. The fraction of sp³-hybridized carbons (Fsp3) is 0.417. The van der Waals surface area contributed by atoms with Crippen molar-refractivity contribution in [1.29, 1.82) is 0 Å². The van der Waals surface area contributed by atoms with Gasteiger partial charge in [-0.25, -0.2) is 8.42 Å². The third-order valence-electron chi connectivity index (χ3n) is 2.69. The van der Waals surface area contributed by atoms with Crippen molar-refractivity contribution in [3.8, 4) is 0 Å². The van der Waals surface area contributed by atoms with Gasteiger partial charge in [0.2, 0.25) is 0 Å². The van der Waals surface area contributed by atoms with Crippen LogP contribution < -0.4 is 11.5 Å². The average molecular weight is 301 g/mol. The van der Waals surface area contributed by atoms with Gasteiger partial charge in [-0.15, -0.1) is 0 Å². The molecular formula is C12H19N3O4S. The van der Waals surface area contributed by atoms with E-state index in [-0.39, 0.29) is 4.90 Å². The van der Waals surface area contributed by atoms with Crippen LogP contribution in [0.3, 0.4) is 0 Å². The van der Waals surface area contributed by atoms with Crippen molar-refractivity contribution >= 4 is 16.1 Å². The minimum atomic E-state index is -4.27. The number of benzene rings is 1. The summed E-state index contributed by atoms with van der Waals surface area (Å²) >= 11 is 0. The van der Waals surface area contributed by atoms with Crippen LogP contribution in [0.5, 0.6) is 0 Å². The minimum absolute atomic E-state index is 0.178. The van der Waals surface area contributed by atoms with E-state index in [4.69, 9.17) is 16.2 Å². The summed E-state index contributed by atoms with van der Waals surface area (Å²) in [6.07, 6.45) is 0. The maximum atomic E-state index is 10.4. The molecule has 0 atom stereocenters. The number of morpholine rings is 1. The van der Waals surface area contributed by atoms with Gasteiger partial charge in [-0.2, -0.15) is 0 Å². The smallest absolute Gasteiger partial charge is 0.341 e. The van der Waals surface area contributed by atoms with Crippen molar-refractivity contribution in [1.82, 2.24) is 0 Å². The van der Waals surface area contributed by atoms with Crippen molar-refractivity contribution in [3.05, 3.63) is 29.8 Å². The summed E-state index contributed by atoms with van der Waals surface area (Å²) in [5.74, 6) is 0.401. The normalized spacial score (nSPS) is 15.2. The van der Waals surface area contributed by atoms with Crippen molar-refractivity contribution in [2.24, 2.45) is 11.5 Å². The molecule has 4 N–H and O–H groups in total. The predicted molar refractivity (Wildman–Crippen MR) is 73.3 cm³/mol. The summed E-state index contributed by atoms with van der Waals surface area (Å²) in [6, 6.07) is 5.78. The van der Waals surface area contributed by atoms with E-state index >= 15 is 0 Å². The molecule has 0 saturated carbocycles. The molecule has 8 heteroatoms. The molecular weight excluding hydrogens is 282 g/mol. The monoisotopic (exact) mass is 301 g/mol. The zero-order valence-electron chi connectivity index (χ0n) is 11.3. The van der Waals surface area contributed by atoms with Crippen LogP contribution in [0.2, 0.25) is 0 Å². The Balaban J connectivity index is 0.000000204. The molecule has 1 fully saturated rings. The van der Waals surface area contributed by atoms with Crippen LogP contribution in [0.1, 0.15) is 5.56 Å². The van der Waals surface area contributed by atoms with Gasteiger partial charge in [0.1, 0.15) is 10.1 Å². The molecule has 2 rings (SSSR count). The zero-order valence-corrected chi connectivity index (χ0v) is 12.1. The van der Waals surface area contributed by atoms with Gasteiger partial charge in [0, 0.05) is 0 Å². The SMILES string of the molecule is Cc1ccc(S(=O)(=O)[O-])cc1.NC(N)=[N+]1CCOCC1. The average Bonchev–Trinajstić information content (AvgIpc) is 2.40. The molecule has 1 aromatic rings. The van der Waals surface area contributed by atoms with Crippen LogP contribution in [-0.4, -0.2) is 49.8 Å². The van der Waals surface area contributed by atoms with Crippen molar-refractivity contribution in [2.75, 3.05) is 26.3 Å². The molecule has 1 aromatic carbocycles. The van der Waals surface area contributed by atoms with Crippen LogP contribution in [-0.2, 0) is 14.9 Å². The second-order valence-corrected chi connectivity index (χ2v) is 5.67. The number of hydrogen-bond acceptors (Lipinski definition) is 4. The Hall–Kier alpha value is -1.64. The van der Waals surface area contributed by atoms with E-state index in [1.165, 1.54) is 12.1 Å². The van der Waals surface area contributed by atoms with Crippen LogP contribution in [0.15, 0.2) is 29.2 Å². The van der Waals surface area contributed by atoms with E-state index in [2.05, 4.69) is 0 Å². The van der Waals surface area contributed by atoms with Crippen molar-refractivity contribution in [2.45, 2.75) is 11.8 Å². The third-order valence-corrected chi connectivity index (χ3v) is 3.54. The van der Waals surface area contributed by atoms with Crippen molar-refractivity contribution in [3.63, 3.8) is 0 Å². The molecule has 1 aliphatic heterocycles. The first-order valence-electron chi connectivity index (χ1n) is 6.04. The summed E-state index contributed by atoms with van der Waals surface area (Å²) in [7, 11) is -4.27. The lowest BCUT2D eigenvalue weighted by Crippen LogP contribution is -2.41. The number of guanidine groups is 1. The summed E-state index contributed by atoms with van der Waals surface area (Å²) in [5.41, 5.74) is 11.6. The Kier molecular flexibility index (Phi) is 5.93. The van der Waals surface area contributed by atoms with E-state index in [0.29, 0.717) is 5.96 Å². The maximum Gasteiger partial charge on any atom is 0.341 e. The number of nitrogens with zero attached hydrogens (tertiary/aromatic N) is 1. The number of ether oxygens (including phenoxy) is 1. The molecule has 1 aliphatic rings. The van der Waals surface area contributed by atoms with E-state index in [9.17, 15) is 13.0 Å². The summed E-state index contributed by atoms with van der Waals surface area (Å²) < 4.78 is 38.2. The molecule has 0 aliphatic carbocycles. The largest absolute Gasteiger partial charge is 0.744 e. The molecule has 20 heavy (non-hydrogen) atoms. The van der Waals surface area contributed by atoms with Crippen LogP contribution in [0.25, 0.3) is 0 Å². The highest BCUT2D eigenvalue weighted by Crippen LogP contribution is 2.08. The van der Waals surface area contributed by atoms with E-state index in [1.54, 1.807) is 12.1 Å². The highest BCUT2D eigenvalue weighted by Gasteiger charge is 2.08. The molecule has 0 aromatic heterocycles. The number of rotatable bonds is 1. The van der Waals surface area contributed by atoms with Gasteiger partial charge < -0.3 is 9.29 Å². The molecule has 0 bridgehead atoms. The van der Waals surface area contributed by atoms with Gasteiger partial charge in [-0.05, 0) is 19.1 Å².